The maximum atomic E-state index is 14.0. The van der Waals surface area contributed by atoms with Crippen molar-refractivity contribution in [1.82, 2.24) is 4.98 Å². The number of nitrogens with zero attached hydrogens (tertiary/aromatic N) is 4. The minimum Gasteiger partial charge on any atom is -0.322 e. The number of halogens is 1. The summed E-state index contributed by atoms with van der Waals surface area (Å²) in [4.78, 5) is 50.5. The molecule has 0 atom stereocenters. The molecular weight excluding hydrogens is 746 g/mol. The highest BCUT2D eigenvalue weighted by Gasteiger charge is 2.35. The minimum absolute atomic E-state index is 0.106. The number of anilines is 2. The van der Waals surface area contributed by atoms with Gasteiger partial charge in [-0.3, -0.25) is 24.6 Å². The zero-order chi connectivity index (χ0) is 37.4. The van der Waals surface area contributed by atoms with Crippen LogP contribution in [0.1, 0.15) is 38.2 Å². The van der Waals surface area contributed by atoms with Crippen molar-refractivity contribution in [3.05, 3.63) is 150 Å². The summed E-state index contributed by atoms with van der Waals surface area (Å²) in [6, 6.07) is 28.6. The number of nitro benzene ring substituents is 1. The van der Waals surface area contributed by atoms with E-state index in [1.165, 1.54) is 40.9 Å². The van der Waals surface area contributed by atoms with E-state index in [2.05, 4.69) is 10.3 Å². The standard InChI is InChI=1S/C40H30ClN5O4S3/c1-22-5-12-29(17-24(22)3)43-39-45(31-14-6-23(2)25(4)18-31)38(48)36(51-39)20-26-7-16-34(33(19-26)46(49)50)52-40-44-32-15-13-30(21-35(32)53-40)42-37(47)27-8-10-28(41)11-9-27/h5-21H,1-4H3,(H,42,47)/b36-20-,43-39?. The molecule has 7 rings (SSSR count). The van der Waals surface area contributed by atoms with E-state index in [0.717, 1.165) is 32.6 Å². The molecule has 1 aliphatic heterocycles. The molecule has 1 aliphatic rings. The Morgan fingerprint density at radius 1 is 0.906 bits per heavy atom. The van der Waals surface area contributed by atoms with E-state index < -0.39 is 4.92 Å². The van der Waals surface area contributed by atoms with E-state index >= 15 is 0 Å². The Morgan fingerprint density at radius 2 is 1.64 bits per heavy atom. The van der Waals surface area contributed by atoms with Gasteiger partial charge in [0.1, 0.15) is 0 Å². The molecular formula is C40H30ClN5O4S3. The van der Waals surface area contributed by atoms with Crippen LogP contribution >= 0.6 is 46.5 Å². The lowest BCUT2D eigenvalue weighted by Gasteiger charge is -2.17. The molecule has 5 aromatic carbocycles. The lowest BCUT2D eigenvalue weighted by molar-refractivity contribution is -0.387. The second kappa shape index (κ2) is 15.0. The van der Waals surface area contributed by atoms with Crippen molar-refractivity contribution in [2.24, 2.45) is 4.99 Å². The van der Waals surface area contributed by atoms with Crippen LogP contribution in [0.4, 0.5) is 22.7 Å². The third kappa shape index (κ3) is 7.91. The summed E-state index contributed by atoms with van der Waals surface area (Å²) in [5.74, 6) is -0.536. The van der Waals surface area contributed by atoms with Crippen LogP contribution < -0.4 is 10.2 Å². The monoisotopic (exact) mass is 775 g/mol. The van der Waals surface area contributed by atoms with Crippen molar-refractivity contribution in [2.45, 2.75) is 36.9 Å². The number of aryl methyl sites for hydroxylation is 4. The Kier molecular flexibility index (Phi) is 10.2. The first-order chi connectivity index (χ1) is 25.4. The quantitative estimate of drug-likeness (QED) is 0.0929. The number of aliphatic imine (C=N–C) groups is 1. The van der Waals surface area contributed by atoms with Gasteiger partial charge in [-0.15, -0.1) is 11.3 Å². The lowest BCUT2D eigenvalue weighted by atomic mass is 10.1. The Labute approximate surface area is 323 Å². The van der Waals surface area contributed by atoms with Crippen LogP contribution in [0.3, 0.4) is 0 Å². The number of thioether (sulfide) groups is 1. The Morgan fingerprint density at radius 3 is 2.36 bits per heavy atom. The Balaban J connectivity index is 1.15. The summed E-state index contributed by atoms with van der Waals surface area (Å²) >= 11 is 9.73. The van der Waals surface area contributed by atoms with E-state index in [4.69, 9.17) is 16.6 Å². The van der Waals surface area contributed by atoms with Crippen molar-refractivity contribution >= 4 is 102 Å². The summed E-state index contributed by atoms with van der Waals surface area (Å²) < 4.78 is 1.42. The molecule has 0 radical (unpaired) electrons. The fourth-order valence-corrected chi connectivity index (χ4v) is 8.75. The number of benzene rings is 5. The molecule has 1 N–H and O–H groups in total. The third-order valence-corrected chi connectivity index (χ3v) is 12.0. The maximum Gasteiger partial charge on any atom is 0.283 e. The van der Waals surface area contributed by atoms with Crippen molar-refractivity contribution in [1.29, 1.82) is 0 Å². The van der Waals surface area contributed by atoms with Gasteiger partial charge in [-0.05, 0) is 146 Å². The first-order valence-corrected chi connectivity index (χ1v) is 19.2. The van der Waals surface area contributed by atoms with Crippen LogP contribution in [-0.2, 0) is 4.79 Å². The SMILES string of the molecule is Cc1ccc(N=C2S/C(=C\c3ccc(Sc4nc5ccc(NC(=O)c6ccc(Cl)cc6)cc5s4)c([N+](=O)[O-])c3)C(=O)N2c2ccc(C)c(C)c2)cc1C. The molecule has 13 heteroatoms. The average Bonchev–Trinajstić information content (AvgIpc) is 3.67. The number of carbonyl (C=O) groups excluding carboxylic acids is 2. The Hall–Kier alpha value is -5.27. The normalized spacial score (nSPS) is 14.4. The maximum absolute atomic E-state index is 14.0. The number of nitrogens with one attached hydrogen (secondary N) is 1. The summed E-state index contributed by atoms with van der Waals surface area (Å²) in [6.45, 7) is 8.07. The average molecular weight is 776 g/mol. The highest BCUT2D eigenvalue weighted by Crippen LogP contribution is 2.42. The fraction of sp³-hybridized carbons (Fsp3) is 0.100. The molecule has 6 aromatic rings. The largest absolute Gasteiger partial charge is 0.322 e. The molecule has 2 heterocycles. The predicted molar refractivity (Wildman–Crippen MR) is 218 cm³/mol. The van der Waals surface area contributed by atoms with Crippen molar-refractivity contribution in [3.8, 4) is 0 Å². The number of carbonyl (C=O) groups is 2. The van der Waals surface area contributed by atoms with Gasteiger partial charge in [-0.1, -0.05) is 41.6 Å². The van der Waals surface area contributed by atoms with Crippen LogP contribution in [-0.4, -0.2) is 26.9 Å². The van der Waals surface area contributed by atoms with Gasteiger partial charge in [-0.2, -0.15) is 0 Å². The number of hydrogen-bond acceptors (Lipinski definition) is 9. The van der Waals surface area contributed by atoms with Crippen LogP contribution in [0.15, 0.2) is 116 Å². The van der Waals surface area contributed by atoms with E-state index in [-0.39, 0.29) is 17.5 Å². The number of nitro groups is 1. The number of aromatic nitrogens is 1. The molecule has 1 saturated heterocycles. The first kappa shape index (κ1) is 36.1. The highest BCUT2D eigenvalue weighted by molar-refractivity contribution is 8.19. The number of hydrogen-bond donors (Lipinski definition) is 1. The molecule has 0 bridgehead atoms. The van der Waals surface area contributed by atoms with E-state index in [0.29, 0.717) is 52.3 Å². The van der Waals surface area contributed by atoms with Gasteiger partial charge in [0, 0.05) is 22.3 Å². The summed E-state index contributed by atoms with van der Waals surface area (Å²) in [5, 5.41) is 16.3. The second-order valence-corrected chi connectivity index (χ2v) is 16.2. The zero-order valence-electron chi connectivity index (χ0n) is 28.8. The topological polar surface area (TPSA) is 118 Å². The van der Waals surface area contributed by atoms with E-state index in [9.17, 15) is 19.7 Å². The molecule has 1 aromatic heterocycles. The number of thiazole rings is 1. The van der Waals surface area contributed by atoms with E-state index in [1.807, 2.05) is 70.2 Å². The molecule has 0 spiro atoms. The predicted octanol–water partition coefficient (Wildman–Crippen LogP) is 11.3. The molecule has 1 fully saturated rings. The molecule has 0 aliphatic carbocycles. The molecule has 0 saturated carbocycles. The zero-order valence-corrected chi connectivity index (χ0v) is 32.0. The summed E-state index contributed by atoms with van der Waals surface area (Å²) in [7, 11) is 0. The molecule has 9 nitrogen and oxygen atoms in total. The smallest absolute Gasteiger partial charge is 0.283 e. The van der Waals surface area contributed by atoms with Crippen LogP contribution in [0.25, 0.3) is 16.3 Å². The van der Waals surface area contributed by atoms with Crippen molar-refractivity contribution < 1.29 is 14.5 Å². The molecule has 53 heavy (non-hydrogen) atoms. The molecule has 0 unspecified atom stereocenters. The van der Waals surface area contributed by atoms with Crippen LogP contribution in [0.2, 0.25) is 5.02 Å². The highest BCUT2D eigenvalue weighted by atomic mass is 35.5. The second-order valence-electron chi connectivity index (χ2n) is 12.4. The van der Waals surface area contributed by atoms with Crippen molar-refractivity contribution in [2.75, 3.05) is 10.2 Å². The number of rotatable bonds is 8. The van der Waals surface area contributed by atoms with Crippen LogP contribution in [0, 0.1) is 37.8 Å². The minimum atomic E-state index is -0.431. The van der Waals surface area contributed by atoms with Crippen LogP contribution in [0.5, 0.6) is 0 Å². The fourth-order valence-electron chi connectivity index (χ4n) is 5.47. The van der Waals surface area contributed by atoms with Gasteiger partial charge in [0.05, 0.1) is 36.3 Å². The van der Waals surface area contributed by atoms with Gasteiger partial charge in [0.2, 0.25) is 0 Å². The lowest BCUT2D eigenvalue weighted by Crippen LogP contribution is -2.28. The number of fused-ring (bicyclic) bond motifs is 1. The number of amides is 2. The Bertz CT molecular complexity index is 2530. The van der Waals surface area contributed by atoms with Gasteiger partial charge >= 0.3 is 0 Å². The molecule has 2 amide bonds. The number of amidine groups is 1. The first-order valence-electron chi connectivity index (χ1n) is 16.3. The van der Waals surface area contributed by atoms with E-state index in [1.54, 1.807) is 59.5 Å². The van der Waals surface area contributed by atoms with Gasteiger partial charge in [-0.25, -0.2) is 9.98 Å². The van der Waals surface area contributed by atoms with Gasteiger partial charge in [0.25, 0.3) is 17.5 Å². The van der Waals surface area contributed by atoms with Crippen molar-refractivity contribution in [3.63, 3.8) is 0 Å². The summed E-state index contributed by atoms with van der Waals surface area (Å²) in [6.07, 6.45) is 1.67. The van der Waals surface area contributed by atoms with Gasteiger partial charge < -0.3 is 5.32 Å². The van der Waals surface area contributed by atoms with Gasteiger partial charge in [0.15, 0.2) is 9.51 Å². The molecule has 264 valence electrons. The summed E-state index contributed by atoms with van der Waals surface area (Å²) in [5.41, 5.74) is 7.99. The third-order valence-electron chi connectivity index (χ3n) is 8.68.